The number of nitrogens with zero attached hydrogens (tertiary/aromatic N) is 1. The number of H-pyrrole nitrogens is 1. The van der Waals surface area contributed by atoms with Gasteiger partial charge in [-0.1, -0.05) is 18.2 Å². The summed E-state index contributed by atoms with van der Waals surface area (Å²) in [4.78, 5) is 17.3. The zero-order chi connectivity index (χ0) is 13.5. The number of benzene rings is 1. The number of fused-ring (bicyclic) bond motifs is 1. The Morgan fingerprint density at radius 1 is 1.32 bits per heavy atom. The van der Waals surface area contributed by atoms with E-state index in [1.807, 2.05) is 6.07 Å². The Morgan fingerprint density at radius 3 is 2.89 bits per heavy atom. The molecule has 1 saturated heterocycles. The fourth-order valence-corrected chi connectivity index (χ4v) is 3.01. The van der Waals surface area contributed by atoms with Crippen LogP contribution in [0.25, 0.3) is 10.9 Å². The molecule has 1 fully saturated rings. The summed E-state index contributed by atoms with van der Waals surface area (Å²) < 4.78 is 0. The Hall–Kier alpha value is -1.61. The van der Waals surface area contributed by atoms with Crippen LogP contribution >= 0.6 is 0 Å². The van der Waals surface area contributed by atoms with E-state index >= 15 is 0 Å². The molecular weight excluding hydrogens is 236 g/mol. The normalized spacial score (nSPS) is 20.0. The minimum Gasteiger partial charge on any atom is -0.361 e. The summed E-state index contributed by atoms with van der Waals surface area (Å²) in [7, 11) is 0. The van der Waals surface area contributed by atoms with E-state index in [1.54, 1.807) is 0 Å². The minimum atomic E-state index is -0.0340. The second kappa shape index (κ2) is 4.49. The van der Waals surface area contributed by atoms with Crippen LogP contribution in [0.4, 0.5) is 0 Å². The van der Waals surface area contributed by atoms with Crippen molar-refractivity contribution >= 4 is 16.7 Å². The molecule has 0 aliphatic carbocycles. The van der Waals surface area contributed by atoms with Gasteiger partial charge < -0.3 is 4.98 Å². The third-order valence-electron chi connectivity index (χ3n) is 4.18. The first-order chi connectivity index (χ1) is 9.06. The highest BCUT2D eigenvalue weighted by Gasteiger charge is 2.33. The number of carbonyl (C=O) groups excluding carboxylic acids is 1. The topological polar surface area (TPSA) is 36.1 Å². The molecule has 1 aliphatic heterocycles. The number of rotatable bonds is 2. The van der Waals surface area contributed by atoms with Crippen molar-refractivity contribution < 1.29 is 4.79 Å². The predicted octanol–water partition coefficient (Wildman–Crippen LogP) is 3.11. The number of Topliss-reactive ketones (excluding diaryl/α,β-unsaturated/α-hetero) is 1. The predicted molar refractivity (Wildman–Crippen MR) is 77.0 cm³/mol. The lowest BCUT2D eigenvalue weighted by Gasteiger charge is -2.41. The van der Waals surface area contributed by atoms with E-state index < -0.39 is 0 Å². The van der Waals surface area contributed by atoms with Crippen molar-refractivity contribution in [1.29, 1.82) is 0 Å². The first-order valence-electron chi connectivity index (χ1n) is 6.88. The van der Waals surface area contributed by atoms with E-state index in [0.29, 0.717) is 18.6 Å². The largest absolute Gasteiger partial charge is 0.361 e. The molecule has 1 N–H and O–H groups in total. The van der Waals surface area contributed by atoms with E-state index in [-0.39, 0.29) is 5.54 Å². The number of piperidine rings is 1. The van der Waals surface area contributed by atoms with Crippen LogP contribution < -0.4 is 0 Å². The summed E-state index contributed by atoms with van der Waals surface area (Å²) >= 11 is 0. The van der Waals surface area contributed by atoms with Gasteiger partial charge in [0.1, 0.15) is 5.78 Å². The van der Waals surface area contributed by atoms with Crippen molar-refractivity contribution in [3.63, 3.8) is 0 Å². The molecule has 1 aromatic carbocycles. The Balaban J connectivity index is 1.87. The average molecular weight is 256 g/mol. The number of carbonyl (C=O) groups is 1. The lowest BCUT2D eigenvalue weighted by molar-refractivity contribution is -0.125. The van der Waals surface area contributed by atoms with Crippen molar-refractivity contribution in [2.45, 2.75) is 38.8 Å². The maximum atomic E-state index is 11.6. The minimum absolute atomic E-state index is 0.0340. The number of aromatic amines is 1. The van der Waals surface area contributed by atoms with Crippen LogP contribution in [0.5, 0.6) is 0 Å². The van der Waals surface area contributed by atoms with Gasteiger partial charge in [0.2, 0.25) is 0 Å². The van der Waals surface area contributed by atoms with Crippen LogP contribution in [0.15, 0.2) is 30.5 Å². The highest BCUT2D eigenvalue weighted by molar-refractivity contribution is 5.83. The molecule has 1 aromatic heterocycles. The average Bonchev–Trinajstić information content (AvgIpc) is 2.76. The molecule has 0 spiro atoms. The smallest absolute Gasteiger partial charge is 0.136 e. The van der Waals surface area contributed by atoms with E-state index in [0.717, 1.165) is 13.1 Å². The van der Waals surface area contributed by atoms with Gasteiger partial charge >= 0.3 is 0 Å². The van der Waals surface area contributed by atoms with Crippen molar-refractivity contribution in [2.75, 3.05) is 6.54 Å². The highest BCUT2D eigenvalue weighted by atomic mass is 16.1. The molecular formula is C16H20N2O. The van der Waals surface area contributed by atoms with Crippen LogP contribution in [-0.4, -0.2) is 27.8 Å². The lowest BCUT2D eigenvalue weighted by Crippen LogP contribution is -2.49. The molecule has 0 bridgehead atoms. The summed E-state index contributed by atoms with van der Waals surface area (Å²) in [6.07, 6.45) is 3.44. The molecule has 3 nitrogen and oxygen atoms in total. The Kier molecular flexibility index (Phi) is 2.94. The fourth-order valence-electron chi connectivity index (χ4n) is 3.01. The second-order valence-electron chi connectivity index (χ2n) is 6.06. The van der Waals surface area contributed by atoms with Gasteiger partial charge in [0.15, 0.2) is 0 Å². The number of para-hydroxylation sites is 1. The monoisotopic (exact) mass is 256 g/mol. The van der Waals surface area contributed by atoms with Gasteiger partial charge in [-0.15, -0.1) is 0 Å². The Bertz CT molecular complexity index is 612. The molecule has 3 heteroatoms. The van der Waals surface area contributed by atoms with Gasteiger partial charge in [-0.25, -0.2) is 0 Å². The molecule has 100 valence electrons. The van der Waals surface area contributed by atoms with Crippen molar-refractivity contribution in [2.24, 2.45) is 0 Å². The molecule has 0 saturated carbocycles. The number of aromatic nitrogens is 1. The van der Waals surface area contributed by atoms with E-state index in [1.165, 1.54) is 16.5 Å². The van der Waals surface area contributed by atoms with E-state index in [9.17, 15) is 4.79 Å². The first kappa shape index (κ1) is 12.4. The third-order valence-corrected chi connectivity index (χ3v) is 4.18. The molecule has 0 radical (unpaired) electrons. The fraction of sp³-hybridized carbons (Fsp3) is 0.438. The maximum Gasteiger partial charge on any atom is 0.136 e. The molecule has 2 heterocycles. The third kappa shape index (κ3) is 2.30. The number of ketones is 1. The van der Waals surface area contributed by atoms with Crippen LogP contribution in [0.3, 0.4) is 0 Å². The van der Waals surface area contributed by atoms with Gasteiger partial charge in [-0.3, -0.25) is 9.69 Å². The van der Waals surface area contributed by atoms with Crippen LogP contribution in [0, 0.1) is 0 Å². The van der Waals surface area contributed by atoms with Gasteiger partial charge in [-0.05, 0) is 25.5 Å². The molecule has 1 aliphatic rings. The van der Waals surface area contributed by atoms with E-state index in [2.05, 4.69) is 48.1 Å². The molecule has 0 unspecified atom stereocenters. The Labute approximate surface area is 113 Å². The van der Waals surface area contributed by atoms with Gasteiger partial charge in [0.25, 0.3) is 0 Å². The zero-order valence-corrected chi connectivity index (χ0v) is 11.6. The SMILES string of the molecule is CC1(C)CC(=O)CCN1Cc1c[nH]c2ccccc12. The number of nitrogens with one attached hydrogen (secondary N) is 1. The summed E-state index contributed by atoms with van der Waals surface area (Å²) in [6.45, 7) is 6.10. The molecule has 0 atom stereocenters. The molecule has 2 aromatic rings. The lowest BCUT2D eigenvalue weighted by atomic mass is 9.89. The van der Waals surface area contributed by atoms with Crippen LogP contribution in [0.1, 0.15) is 32.3 Å². The van der Waals surface area contributed by atoms with Crippen LogP contribution in [-0.2, 0) is 11.3 Å². The standard InChI is InChI=1S/C16H20N2O/c1-16(2)9-13(19)7-8-18(16)11-12-10-17-15-6-4-3-5-14(12)15/h3-6,10,17H,7-9,11H2,1-2H3. The summed E-state index contributed by atoms with van der Waals surface area (Å²) in [5.41, 5.74) is 2.47. The van der Waals surface area contributed by atoms with Gasteiger partial charge in [0.05, 0.1) is 0 Å². The van der Waals surface area contributed by atoms with Crippen molar-refractivity contribution in [1.82, 2.24) is 9.88 Å². The quantitative estimate of drug-likeness (QED) is 0.896. The summed E-state index contributed by atoms with van der Waals surface area (Å²) in [5.74, 6) is 0.389. The van der Waals surface area contributed by atoms with Crippen molar-refractivity contribution in [3.05, 3.63) is 36.0 Å². The molecule has 3 rings (SSSR count). The van der Waals surface area contributed by atoms with Crippen LogP contribution in [0.2, 0.25) is 0 Å². The number of hydrogen-bond acceptors (Lipinski definition) is 2. The summed E-state index contributed by atoms with van der Waals surface area (Å²) in [6, 6.07) is 8.38. The second-order valence-corrected chi connectivity index (χ2v) is 6.06. The first-order valence-corrected chi connectivity index (χ1v) is 6.88. The zero-order valence-electron chi connectivity index (χ0n) is 11.6. The number of likely N-dealkylation sites (tertiary alicyclic amines) is 1. The Morgan fingerprint density at radius 2 is 2.11 bits per heavy atom. The van der Waals surface area contributed by atoms with Gasteiger partial charge in [0, 0.05) is 48.6 Å². The summed E-state index contributed by atoms with van der Waals surface area (Å²) in [5, 5.41) is 1.29. The van der Waals surface area contributed by atoms with Crippen molar-refractivity contribution in [3.8, 4) is 0 Å². The molecule has 0 amide bonds. The van der Waals surface area contributed by atoms with E-state index in [4.69, 9.17) is 0 Å². The maximum absolute atomic E-state index is 11.6. The number of hydrogen-bond donors (Lipinski definition) is 1. The highest BCUT2D eigenvalue weighted by Crippen LogP contribution is 2.29. The molecule has 19 heavy (non-hydrogen) atoms. The van der Waals surface area contributed by atoms with Gasteiger partial charge in [-0.2, -0.15) is 0 Å².